The van der Waals surface area contributed by atoms with Crippen LogP contribution in [-0.2, 0) is 16.6 Å². The van der Waals surface area contributed by atoms with Crippen molar-refractivity contribution in [1.82, 2.24) is 4.72 Å². The molecular weight excluding hydrogens is 332 g/mol. The summed E-state index contributed by atoms with van der Waals surface area (Å²) >= 11 is -0.324. The third-order valence-electron chi connectivity index (χ3n) is 2.49. The Balaban J connectivity index is 2.82. The van der Waals surface area contributed by atoms with Gasteiger partial charge in [0.2, 0.25) is 10.0 Å². The molecule has 0 unspecified atom stereocenters. The van der Waals surface area contributed by atoms with Gasteiger partial charge in [0.1, 0.15) is 5.82 Å². The van der Waals surface area contributed by atoms with Gasteiger partial charge in [-0.25, -0.2) is 17.5 Å². The molecule has 0 atom stereocenters. The topological polar surface area (TPSA) is 72.2 Å². The Hall–Kier alpha value is -0.840. The Morgan fingerprint density at radius 1 is 1.33 bits per heavy atom. The monoisotopic (exact) mass is 346 g/mol. The van der Waals surface area contributed by atoms with Crippen molar-refractivity contribution in [3.8, 4) is 0 Å². The summed E-state index contributed by atoms with van der Waals surface area (Å²) in [5.74, 6) is -1.05. The smallest absolute Gasteiger partial charge is 0.326 e. The van der Waals surface area contributed by atoms with Crippen LogP contribution < -0.4 is 10.5 Å². The van der Waals surface area contributed by atoms with Crippen LogP contribution in [-0.4, -0.2) is 26.2 Å². The molecule has 0 aromatic heterocycles. The molecule has 0 bridgehead atoms. The molecule has 0 saturated carbocycles. The summed E-state index contributed by atoms with van der Waals surface area (Å²) in [7, 11) is -4.00. The molecule has 10 heteroatoms. The molecule has 0 fully saturated rings. The van der Waals surface area contributed by atoms with Crippen LogP contribution in [0.2, 0.25) is 0 Å². The third kappa shape index (κ3) is 5.46. The van der Waals surface area contributed by atoms with Gasteiger partial charge in [-0.2, -0.15) is 13.2 Å². The van der Waals surface area contributed by atoms with Gasteiger partial charge in [0.15, 0.2) is 0 Å². The number of sulfonamides is 1. The van der Waals surface area contributed by atoms with Crippen LogP contribution in [0.5, 0.6) is 0 Å². The molecule has 0 aliphatic rings. The minimum atomic E-state index is -4.41. The highest BCUT2D eigenvalue weighted by atomic mass is 32.2. The Morgan fingerprint density at radius 3 is 2.48 bits per heavy atom. The van der Waals surface area contributed by atoms with Crippen molar-refractivity contribution in [2.75, 3.05) is 12.3 Å². The van der Waals surface area contributed by atoms with Crippen molar-refractivity contribution in [1.29, 1.82) is 0 Å². The number of aryl methyl sites for hydroxylation is 1. The van der Waals surface area contributed by atoms with E-state index in [1.54, 1.807) is 0 Å². The zero-order valence-electron chi connectivity index (χ0n) is 11.0. The summed E-state index contributed by atoms with van der Waals surface area (Å²) < 4.78 is 75.2. The highest BCUT2D eigenvalue weighted by molar-refractivity contribution is 8.00. The maximum Gasteiger partial charge on any atom is 0.441 e. The second kappa shape index (κ2) is 6.95. The van der Waals surface area contributed by atoms with Crippen molar-refractivity contribution in [2.45, 2.75) is 23.9 Å². The number of hydrogen-bond acceptors (Lipinski definition) is 4. The molecule has 0 radical (unpaired) electrons. The lowest BCUT2D eigenvalue weighted by molar-refractivity contribution is -0.0327. The maximum atomic E-state index is 13.6. The maximum absolute atomic E-state index is 13.6. The number of halogens is 4. The zero-order chi connectivity index (χ0) is 16.3. The van der Waals surface area contributed by atoms with Crippen molar-refractivity contribution in [2.24, 2.45) is 5.73 Å². The first-order valence-corrected chi connectivity index (χ1v) is 8.23. The first-order chi connectivity index (χ1) is 9.57. The van der Waals surface area contributed by atoms with E-state index < -0.39 is 27.1 Å². The highest BCUT2D eigenvalue weighted by Gasteiger charge is 2.28. The molecule has 0 aliphatic carbocycles. The van der Waals surface area contributed by atoms with Crippen LogP contribution in [0.3, 0.4) is 0 Å². The first kappa shape index (κ1) is 18.2. The molecule has 4 nitrogen and oxygen atoms in total. The van der Waals surface area contributed by atoms with Gasteiger partial charge in [-0.1, -0.05) is 0 Å². The lowest BCUT2D eigenvalue weighted by atomic mass is 10.1. The van der Waals surface area contributed by atoms with E-state index in [1.165, 1.54) is 6.92 Å². The number of nitrogens with one attached hydrogen (secondary N) is 1. The van der Waals surface area contributed by atoms with Crippen molar-refractivity contribution < 1.29 is 26.0 Å². The predicted octanol–water partition coefficient (Wildman–Crippen LogP) is 2.12. The molecule has 3 N–H and O–H groups in total. The lowest BCUT2D eigenvalue weighted by Crippen LogP contribution is -2.27. The average Bonchev–Trinajstić information content (AvgIpc) is 2.36. The van der Waals surface area contributed by atoms with Gasteiger partial charge in [-0.05, 0) is 36.4 Å². The molecule has 0 spiro atoms. The molecule has 1 rings (SSSR count). The molecular formula is C11H14F4N2O2S2. The molecule has 1 aromatic carbocycles. The van der Waals surface area contributed by atoms with Gasteiger partial charge in [0.25, 0.3) is 0 Å². The number of hydrogen-bond donors (Lipinski definition) is 2. The van der Waals surface area contributed by atoms with Crippen LogP contribution in [0.15, 0.2) is 17.0 Å². The molecule has 0 amide bonds. The minimum Gasteiger partial charge on any atom is -0.326 e. The van der Waals surface area contributed by atoms with E-state index in [4.69, 9.17) is 5.73 Å². The highest BCUT2D eigenvalue weighted by Crippen LogP contribution is 2.29. The zero-order valence-corrected chi connectivity index (χ0v) is 12.6. The summed E-state index contributed by atoms with van der Waals surface area (Å²) in [4.78, 5) is -0.223. The van der Waals surface area contributed by atoms with Gasteiger partial charge in [0.05, 0.1) is 4.90 Å². The van der Waals surface area contributed by atoms with E-state index >= 15 is 0 Å². The standard InChI is InChI=1S/C11H14F4N2O2S2/c1-7-4-9(5-8(6-16)10(7)12)21(18,19)17-2-3-20-11(13,14)15/h4-5,17H,2-3,6,16H2,1H3. The van der Waals surface area contributed by atoms with Crippen LogP contribution in [0.1, 0.15) is 11.1 Å². The third-order valence-corrected chi connectivity index (χ3v) is 4.67. The molecule has 0 heterocycles. The molecule has 21 heavy (non-hydrogen) atoms. The van der Waals surface area contributed by atoms with Crippen LogP contribution in [0.25, 0.3) is 0 Å². The van der Waals surface area contributed by atoms with Gasteiger partial charge in [0, 0.05) is 24.4 Å². The van der Waals surface area contributed by atoms with Gasteiger partial charge < -0.3 is 5.73 Å². The Bertz CT molecular complexity index is 603. The van der Waals surface area contributed by atoms with Gasteiger partial charge in [-0.15, -0.1) is 0 Å². The van der Waals surface area contributed by atoms with Crippen LogP contribution >= 0.6 is 11.8 Å². The Morgan fingerprint density at radius 2 is 1.95 bits per heavy atom. The quantitative estimate of drug-likeness (QED) is 0.611. The second-order valence-electron chi connectivity index (χ2n) is 4.11. The number of benzene rings is 1. The number of rotatable bonds is 6. The Kier molecular flexibility index (Phi) is 6.02. The summed E-state index contributed by atoms with van der Waals surface area (Å²) in [6.07, 6.45) is 0. The minimum absolute atomic E-state index is 0.0278. The second-order valence-corrected chi connectivity index (χ2v) is 7.04. The van der Waals surface area contributed by atoms with E-state index in [1.807, 2.05) is 4.72 Å². The molecule has 1 aromatic rings. The summed E-state index contributed by atoms with van der Waals surface area (Å²) in [5.41, 5.74) is 1.03. The number of alkyl halides is 3. The molecule has 120 valence electrons. The average molecular weight is 346 g/mol. The van der Waals surface area contributed by atoms with Crippen LogP contribution in [0, 0.1) is 12.7 Å². The van der Waals surface area contributed by atoms with Crippen LogP contribution in [0.4, 0.5) is 17.6 Å². The normalized spacial score (nSPS) is 12.7. The van der Waals surface area contributed by atoms with E-state index in [2.05, 4.69) is 0 Å². The summed E-state index contributed by atoms with van der Waals surface area (Å²) in [6, 6.07) is 2.18. The van der Waals surface area contributed by atoms with E-state index in [9.17, 15) is 26.0 Å². The van der Waals surface area contributed by atoms with Gasteiger partial charge in [-0.3, -0.25) is 0 Å². The fourth-order valence-electron chi connectivity index (χ4n) is 1.54. The number of nitrogens with two attached hydrogens (primary N) is 1. The predicted molar refractivity (Wildman–Crippen MR) is 72.7 cm³/mol. The lowest BCUT2D eigenvalue weighted by Gasteiger charge is -2.11. The Labute approximate surface area is 124 Å². The first-order valence-electron chi connectivity index (χ1n) is 5.76. The fourth-order valence-corrected chi connectivity index (χ4v) is 3.27. The van der Waals surface area contributed by atoms with E-state index in [0.717, 1.165) is 12.1 Å². The number of thioether (sulfide) groups is 1. The largest absolute Gasteiger partial charge is 0.441 e. The summed E-state index contributed by atoms with van der Waals surface area (Å²) in [6.45, 7) is 0.813. The SMILES string of the molecule is Cc1cc(S(=O)(=O)NCCSC(F)(F)F)cc(CN)c1F. The molecule has 0 aliphatic heterocycles. The van der Waals surface area contributed by atoms with E-state index in [0.29, 0.717) is 0 Å². The van der Waals surface area contributed by atoms with E-state index in [-0.39, 0.29) is 40.9 Å². The summed E-state index contributed by atoms with van der Waals surface area (Å²) in [5, 5.41) is 0. The van der Waals surface area contributed by atoms with Crippen molar-refractivity contribution in [3.63, 3.8) is 0 Å². The fraction of sp³-hybridized carbons (Fsp3) is 0.455. The molecule has 0 saturated heterocycles. The van der Waals surface area contributed by atoms with Crippen molar-refractivity contribution >= 4 is 21.8 Å². The van der Waals surface area contributed by atoms with Crippen molar-refractivity contribution in [3.05, 3.63) is 29.1 Å². The van der Waals surface area contributed by atoms with Gasteiger partial charge >= 0.3 is 5.51 Å².